The van der Waals surface area contributed by atoms with E-state index in [0.717, 1.165) is 39.1 Å². The van der Waals surface area contributed by atoms with Gasteiger partial charge in [-0.15, -0.1) is 0 Å². The molecule has 0 aliphatic heterocycles. The number of aromatic nitrogens is 4. The van der Waals surface area contributed by atoms with Crippen molar-refractivity contribution in [2.45, 2.75) is 0 Å². The van der Waals surface area contributed by atoms with E-state index in [1.54, 1.807) is 0 Å². The molecule has 0 saturated heterocycles. The lowest BCUT2D eigenvalue weighted by Gasteiger charge is -2.12. The highest BCUT2D eigenvalue weighted by Crippen LogP contribution is 2.40. The van der Waals surface area contributed by atoms with Crippen molar-refractivity contribution in [2.75, 3.05) is 0 Å². The average Bonchev–Trinajstić information content (AvgIpc) is 3.70. The van der Waals surface area contributed by atoms with E-state index in [0.29, 0.717) is 0 Å². The lowest BCUT2D eigenvalue weighted by atomic mass is 9.98. The molecule has 4 nitrogen and oxygen atoms in total. The van der Waals surface area contributed by atoms with Crippen LogP contribution in [0.4, 0.5) is 0 Å². The maximum absolute atomic E-state index is 5.20. The van der Waals surface area contributed by atoms with Crippen LogP contribution in [0.5, 0.6) is 0 Å². The van der Waals surface area contributed by atoms with E-state index in [2.05, 4.69) is 130 Å². The molecule has 184 valence electrons. The molecule has 10 aromatic rings. The quantitative estimate of drug-likeness (QED) is 0.207. The molecule has 0 atom stereocenters. The van der Waals surface area contributed by atoms with Crippen LogP contribution < -0.4 is 0 Å². The third-order valence-electron chi connectivity index (χ3n) is 8.62. The van der Waals surface area contributed by atoms with E-state index in [1.807, 2.05) is 0 Å². The van der Waals surface area contributed by atoms with Gasteiger partial charge in [0.2, 0.25) is 0 Å². The van der Waals surface area contributed by atoms with Crippen LogP contribution in [-0.2, 0) is 0 Å². The molecule has 0 spiro atoms. The van der Waals surface area contributed by atoms with Gasteiger partial charge in [0.1, 0.15) is 11.3 Å². The SMILES string of the molecule is c1ccc2c(c1)ccc1c3ccc(-c4nc5cccc6c7ccccc7c4n56)cc3n3c4ccccc4nc3c21. The fourth-order valence-electron chi connectivity index (χ4n) is 6.93. The number of benzene rings is 5. The van der Waals surface area contributed by atoms with Crippen LogP contribution in [0.25, 0.3) is 87.8 Å². The average molecular weight is 509 g/mol. The highest BCUT2D eigenvalue weighted by molar-refractivity contribution is 6.23. The van der Waals surface area contributed by atoms with Gasteiger partial charge in [-0.05, 0) is 46.5 Å². The van der Waals surface area contributed by atoms with Crippen molar-refractivity contribution in [3.63, 3.8) is 0 Å². The third-order valence-corrected chi connectivity index (χ3v) is 8.62. The molecule has 0 unspecified atom stereocenters. The molecule has 0 aliphatic carbocycles. The van der Waals surface area contributed by atoms with E-state index in [1.165, 1.54) is 48.7 Å². The van der Waals surface area contributed by atoms with E-state index in [9.17, 15) is 0 Å². The Hall–Kier alpha value is -5.48. The minimum atomic E-state index is 0.974. The Balaban J connectivity index is 1.40. The second kappa shape index (κ2) is 7.13. The minimum Gasteiger partial charge on any atom is -0.292 e. The molecule has 0 radical (unpaired) electrons. The Bertz CT molecular complexity index is 2660. The number of hydrogen-bond acceptors (Lipinski definition) is 2. The van der Waals surface area contributed by atoms with Gasteiger partial charge in [-0.2, -0.15) is 0 Å². The van der Waals surface area contributed by atoms with Gasteiger partial charge in [0.05, 0.1) is 33.3 Å². The summed E-state index contributed by atoms with van der Waals surface area (Å²) in [7, 11) is 0. The highest BCUT2D eigenvalue weighted by Gasteiger charge is 2.20. The van der Waals surface area contributed by atoms with Crippen molar-refractivity contribution in [3.8, 4) is 11.3 Å². The highest BCUT2D eigenvalue weighted by atomic mass is 15.0. The first-order valence-corrected chi connectivity index (χ1v) is 13.6. The summed E-state index contributed by atoms with van der Waals surface area (Å²) in [6.07, 6.45) is 0. The lowest BCUT2D eigenvalue weighted by molar-refractivity contribution is 1.31. The Labute approximate surface area is 227 Å². The number of rotatable bonds is 1. The maximum atomic E-state index is 5.20. The summed E-state index contributed by atoms with van der Waals surface area (Å²) in [4.78, 5) is 10.4. The zero-order chi connectivity index (χ0) is 25.9. The Morgan fingerprint density at radius 2 is 1.23 bits per heavy atom. The Morgan fingerprint density at radius 1 is 0.475 bits per heavy atom. The summed E-state index contributed by atoms with van der Waals surface area (Å²) in [5.74, 6) is 0. The number of fused-ring (bicyclic) bond motifs is 13. The van der Waals surface area contributed by atoms with E-state index in [-0.39, 0.29) is 0 Å². The first kappa shape index (κ1) is 20.5. The molecule has 0 bridgehead atoms. The number of para-hydroxylation sites is 2. The molecule has 0 N–H and O–H groups in total. The van der Waals surface area contributed by atoms with Crippen LogP contribution in [0.1, 0.15) is 0 Å². The van der Waals surface area contributed by atoms with Crippen molar-refractivity contribution in [1.82, 2.24) is 18.8 Å². The van der Waals surface area contributed by atoms with Gasteiger partial charge in [-0.3, -0.25) is 8.80 Å². The largest absolute Gasteiger partial charge is 0.292 e. The summed E-state index contributed by atoms with van der Waals surface area (Å²) >= 11 is 0. The molecule has 0 amide bonds. The van der Waals surface area contributed by atoms with Crippen molar-refractivity contribution < 1.29 is 0 Å². The van der Waals surface area contributed by atoms with Gasteiger partial charge in [0.25, 0.3) is 0 Å². The topological polar surface area (TPSA) is 34.6 Å². The number of hydrogen-bond donors (Lipinski definition) is 0. The minimum absolute atomic E-state index is 0.974. The normalized spacial score (nSPS) is 12.5. The van der Waals surface area contributed by atoms with Gasteiger partial charge >= 0.3 is 0 Å². The van der Waals surface area contributed by atoms with Gasteiger partial charge in [-0.25, -0.2) is 9.97 Å². The van der Waals surface area contributed by atoms with Crippen LogP contribution in [0.2, 0.25) is 0 Å². The second-order valence-electron chi connectivity index (χ2n) is 10.7. The second-order valence-corrected chi connectivity index (χ2v) is 10.7. The molecular formula is C36H20N4. The predicted molar refractivity (Wildman–Crippen MR) is 166 cm³/mol. The zero-order valence-corrected chi connectivity index (χ0v) is 21.3. The molecule has 0 fully saturated rings. The summed E-state index contributed by atoms with van der Waals surface area (Å²) in [5.41, 5.74) is 9.69. The van der Waals surface area contributed by atoms with Crippen molar-refractivity contribution in [2.24, 2.45) is 0 Å². The van der Waals surface area contributed by atoms with Gasteiger partial charge < -0.3 is 0 Å². The summed E-state index contributed by atoms with van der Waals surface area (Å²) in [6, 6.07) is 43.4. The van der Waals surface area contributed by atoms with Crippen molar-refractivity contribution >= 4 is 76.6 Å². The van der Waals surface area contributed by atoms with Gasteiger partial charge in [0, 0.05) is 27.1 Å². The van der Waals surface area contributed by atoms with Crippen LogP contribution >= 0.6 is 0 Å². The van der Waals surface area contributed by atoms with Crippen LogP contribution in [0.3, 0.4) is 0 Å². The maximum Gasteiger partial charge on any atom is 0.147 e. The fourth-order valence-corrected chi connectivity index (χ4v) is 6.93. The van der Waals surface area contributed by atoms with E-state index in [4.69, 9.17) is 9.97 Å². The molecule has 40 heavy (non-hydrogen) atoms. The molecule has 5 heterocycles. The van der Waals surface area contributed by atoms with E-state index >= 15 is 0 Å². The zero-order valence-electron chi connectivity index (χ0n) is 21.3. The van der Waals surface area contributed by atoms with Crippen LogP contribution in [-0.4, -0.2) is 18.8 Å². The van der Waals surface area contributed by atoms with Crippen molar-refractivity contribution in [3.05, 3.63) is 121 Å². The number of imidazole rings is 2. The van der Waals surface area contributed by atoms with Gasteiger partial charge in [0.15, 0.2) is 0 Å². The smallest absolute Gasteiger partial charge is 0.147 e. The number of nitrogens with zero attached hydrogens (tertiary/aromatic N) is 4. The van der Waals surface area contributed by atoms with Crippen molar-refractivity contribution in [1.29, 1.82) is 0 Å². The third kappa shape index (κ3) is 2.42. The molecule has 4 heteroatoms. The Kier molecular flexibility index (Phi) is 3.65. The van der Waals surface area contributed by atoms with Crippen LogP contribution in [0.15, 0.2) is 121 Å². The Morgan fingerprint density at radius 3 is 2.17 bits per heavy atom. The first-order chi connectivity index (χ1) is 19.8. The molecule has 10 rings (SSSR count). The fraction of sp³-hybridized carbons (Fsp3) is 0. The molecule has 0 saturated carbocycles. The molecule has 5 aromatic heterocycles. The molecule has 0 aliphatic rings. The summed E-state index contributed by atoms with van der Waals surface area (Å²) in [5, 5.41) is 8.56. The summed E-state index contributed by atoms with van der Waals surface area (Å²) < 4.78 is 4.65. The summed E-state index contributed by atoms with van der Waals surface area (Å²) in [6.45, 7) is 0. The molecular weight excluding hydrogens is 488 g/mol. The lowest BCUT2D eigenvalue weighted by Crippen LogP contribution is -1.93. The van der Waals surface area contributed by atoms with Crippen LogP contribution in [0, 0.1) is 0 Å². The first-order valence-electron chi connectivity index (χ1n) is 13.6. The standard InChI is InChI=1S/C36H20N4/c1-2-9-23-21(8-1)16-19-26-25-18-17-22(20-31(25)39-30-13-6-5-12-28(30)37-36(39)33(23)26)34-35-27-11-4-3-10-24(27)29-14-7-15-32(38-34)40(29)35/h1-20H. The van der Waals surface area contributed by atoms with Gasteiger partial charge in [-0.1, -0.05) is 91.0 Å². The number of pyridine rings is 2. The predicted octanol–water partition coefficient (Wildman–Crippen LogP) is 9.01. The monoisotopic (exact) mass is 508 g/mol. The molecule has 5 aromatic carbocycles. The van der Waals surface area contributed by atoms with E-state index < -0.39 is 0 Å².